The van der Waals surface area contributed by atoms with Crippen LogP contribution in [0.1, 0.15) is 44.0 Å². The molecule has 3 heterocycles. The van der Waals surface area contributed by atoms with Crippen molar-refractivity contribution in [3.63, 3.8) is 0 Å². The molecule has 154 valence electrons. The lowest BCUT2D eigenvalue weighted by Gasteiger charge is -2.54. The number of amides is 1. The summed E-state index contributed by atoms with van der Waals surface area (Å²) in [6.07, 6.45) is 3.48. The van der Waals surface area contributed by atoms with E-state index in [9.17, 15) is 14.0 Å². The number of anilines is 1. The van der Waals surface area contributed by atoms with Crippen LogP contribution in [0.4, 0.5) is 15.0 Å². The largest absolute Gasteiger partial charge is 0.444 e. The molecule has 0 unspecified atom stereocenters. The van der Waals surface area contributed by atoms with Gasteiger partial charge in [0.1, 0.15) is 23.6 Å². The molecule has 2 saturated heterocycles. The highest BCUT2D eigenvalue weighted by Crippen LogP contribution is 2.43. The maximum absolute atomic E-state index is 13.9. The highest BCUT2D eigenvalue weighted by molar-refractivity contribution is 5.94. The molecule has 0 saturated carbocycles. The fourth-order valence-corrected chi connectivity index (χ4v) is 4.14. The van der Waals surface area contributed by atoms with Gasteiger partial charge in [-0.05, 0) is 39.7 Å². The predicted molar refractivity (Wildman–Crippen MR) is 107 cm³/mol. The quantitative estimate of drug-likeness (QED) is 0.719. The van der Waals surface area contributed by atoms with E-state index in [1.165, 1.54) is 18.5 Å². The summed E-state index contributed by atoms with van der Waals surface area (Å²) in [5.74, 6) is 0.144. The van der Waals surface area contributed by atoms with E-state index >= 15 is 0 Å². The second kappa shape index (κ2) is 6.93. The van der Waals surface area contributed by atoms with Crippen LogP contribution in [0.25, 0.3) is 10.9 Å². The lowest BCUT2D eigenvalue weighted by Crippen LogP contribution is -2.61. The molecular formula is C21H25FN4O3. The van der Waals surface area contributed by atoms with Crippen molar-refractivity contribution in [3.8, 4) is 0 Å². The van der Waals surface area contributed by atoms with Crippen LogP contribution in [-0.2, 0) is 4.74 Å². The van der Waals surface area contributed by atoms with Crippen molar-refractivity contribution >= 4 is 29.1 Å². The lowest BCUT2D eigenvalue weighted by atomic mass is 9.72. The molecule has 7 nitrogen and oxygen atoms in total. The topological polar surface area (TPSA) is 75.6 Å². The number of hydrogen-bond acceptors (Lipinski definition) is 6. The number of hydrogen-bond donors (Lipinski definition) is 0. The molecule has 0 radical (unpaired) electrons. The molecule has 1 aromatic carbocycles. The molecule has 4 rings (SSSR count). The summed E-state index contributed by atoms with van der Waals surface area (Å²) in [7, 11) is 0. The van der Waals surface area contributed by atoms with Crippen molar-refractivity contribution < 1.29 is 18.7 Å². The van der Waals surface area contributed by atoms with Gasteiger partial charge in [0.15, 0.2) is 6.29 Å². The van der Waals surface area contributed by atoms with Gasteiger partial charge in [-0.25, -0.2) is 19.2 Å². The zero-order valence-corrected chi connectivity index (χ0v) is 16.9. The molecule has 0 N–H and O–H groups in total. The molecule has 2 aromatic rings. The molecule has 29 heavy (non-hydrogen) atoms. The second-order valence-corrected chi connectivity index (χ2v) is 9.03. The molecule has 1 spiro atoms. The van der Waals surface area contributed by atoms with E-state index in [2.05, 4.69) is 14.9 Å². The number of carbonyl (C=O) groups is 2. The van der Waals surface area contributed by atoms with Gasteiger partial charge in [0.25, 0.3) is 0 Å². The SMILES string of the molecule is CC(C)(C)OC(=O)N1CCC2(CC1)CN(c1ncnc3cc(F)c(C=O)cc13)C2. The smallest absolute Gasteiger partial charge is 0.410 e. The van der Waals surface area contributed by atoms with Gasteiger partial charge in [0.2, 0.25) is 0 Å². The van der Waals surface area contributed by atoms with Gasteiger partial charge >= 0.3 is 6.09 Å². The van der Waals surface area contributed by atoms with Gasteiger partial charge < -0.3 is 14.5 Å². The third-order valence-electron chi connectivity index (χ3n) is 5.69. The molecule has 2 fully saturated rings. The summed E-state index contributed by atoms with van der Waals surface area (Å²) in [5.41, 5.74) is 0.143. The summed E-state index contributed by atoms with van der Waals surface area (Å²) < 4.78 is 19.4. The van der Waals surface area contributed by atoms with Crippen LogP contribution in [0.5, 0.6) is 0 Å². The molecule has 2 aliphatic heterocycles. The third kappa shape index (κ3) is 3.75. The average Bonchev–Trinajstić information content (AvgIpc) is 2.63. The van der Waals surface area contributed by atoms with Crippen LogP contribution < -0.4 is 4.90 Å². The zero-order chi connectivity index (χ0) is 20.8. The first-order valence-electron chi connectivity index (χ1n) is 9.82. The fourth-order valence-electron chi connectivity index (χ4n) is 4.14. The average molecular weight is 400 g/mol. The van der Waals surface area contributed by atoms with E-state index in [-0.39, 0.29) is 17.1 Å². The van der Waals surface area contributed by atoms with E-state index < -0.39 is 11.4 Å². The second-order valence-electron chi connectivity index (χ2n) is 9.03. The Balaban J connectivity index is 1.44. The Morgan fingerprint density at radius 3 is 2.52 bits per heavy atom. The van der Waals surface area contributed by atoms with Crippen molar-refractivity contribution in [3.05, 3.63) is 29.8 Å². The molecule has 0 atom stereocenters. The number of aldehydes is 1. The fraction of sp³-hybridized carbons (Fsp3) is 0.524. The Morgan fingerprint density at radius 2 is 1.90 bits per heavy atom. The Bertz CT molecular complexity index is 956. The Morgan fingerprint density at radius 1 is 1.21 bits per heavy atom. The molecule has 1 aromatic heterocycles. The van der Waals surface area contributed by atoms with Gasteiger partial charge in [0, 0.05) is 43.0 Å². The number of nitrogens with zero attached hydrogens (tertiary/aromatic N) is 4. The lowest BCUT2D eigenvalue weighted by molar-refractivity contribution is 0.00592. The zero-order valence-electron chi connectivity index (χ0n) is 16.9. The van der Waals surface area contributed by atoms with Crippen LogP contribution in [0.15, 0.2) is 18.5 Å². The minimum atomic E-state index is -0.577. The molecule has 8 heteroatoms. The Kier molecular flexibility index (Phi) is 4.67. The van der Waals surface area contributed by atoms with Gasteiger partial charge in [0.05, 0.1) is 11.1 Å². The summed E-state index contributed by atoms with van der Waals surface area (Å²) >= 11 is 0. The van der Waals surface area contributed by atoms with E-state index in [1.807, 2.05) is 20.8 Å². The number of rotatable bonds is 2. The first kappa shape index (κ1) is 19.5. The minimum Gasteiger partial charge on any atom is -0.444 e. The number of fused-ring (bicyclic) bond motifs is 1. The van der Waals surface area contributed by atoms with Gasteiger partial charge in [-0.1, -0.05) is 0 Å². The van der Waals surface area contributed by atoms with Crippen LogP contribution in [0.3, 0.4) is 0 Å². The number of ether oxygens (including phenoxy) is 1. The number of halogens is 1. The maximum Gasteiger partial charge on any atom is 0.410 e. The van der Waals surface area contributed by atoms with E-state index in [0.717, 1.165) is 31.7 Å². The van der Waals surface area contributed by atoms with Gasteiger partial charge in [-0.3, -0.25) is 4.79 Å². The molecule has 0 aliphatic carbocycles. The number of likely N-dealkylation sites (tertiary alicyclic amines) is 1. The molecule has 1 amide bonds. The first-order chi connectivity index (χ1) is 13.7. The summed E-state index contributed by atoms with van der Waals surface area (Å²) in [6, 6.07) is 2.79. The van der Waals surface area contributed by atoms with Crippen molar-refractivity contribution in [1.29, 1.82) is 0 Å². The van der Waals surface area contributed by atoms with Crippen LogP contribution >= 0.6 is 0 Å². The third-order valence-corrected chi connectivity index (χ3v) is 5.69. The minimum absolute atomic E-state index is 0.00876. The van der Waals surface area contributed by atoms with Gasteiger partial charge in [-0.15, -0.1) is 0 Å². The van der Waals surface area contributed by atoms with Crippen molar-refractivity contribution in [2.75, 3.05) is 31.1 Å². The highest BCUT2D eigenvalue weighted by atomic mass is 19.1. The van der Waals surface area contributed by atoms with E-state index in [0.29, 0.717) is 30.3 Å². The number of piperidine rings is 1. The van der Waals surface area contributed by atoms with Crippen LogP contribution in [0, 0.1) is 11.2 Å². The Labute approximate surface area is 168 Å². The van der Waals surface area contributed by atoms with E-state index in [4.69, 9.17) is 4.74 Å². The van der Waals surface area contributed by atoms with Gasteiger partial charge in [-0.2, -0.15) is 0 Å². The first-order valence-corrected chi connectivity index (χ1v) is 9.82. The Hall–Kier alpha value is -2.77. The summed E-state index contributed by atoms with van der Waals surface area (Å²) in [5, 5.41) is 0.678. The van der Waals surface area contributed by atoms with E-state index in [1.54, 1.807) is 4.90 Å². The van der Waals surface area contributed by atoms with Crippen molar-refractivity contribution in [2.45, 2.75) is 39.2 Å². The standard InChI is InChI=1S/C21H25FN4O3/c1-20(2,3)29-19(28)25-6-4-21(5-7-25)11-26(12-21)18-15-8-14(10-27)16(22)9-17(15)23-13-24-18/h8-10,13H,4-7,11-12H2,1-3H3. The highest BCUT2D eigenvalue weighted by Gasteiger charge is 2.46. The summed E-state index contributed by atoms with van der Waals surface area (Å²) in [4.78, 5) is 35.8. The normalized spacial score (nSPS) is 18.6. The number of carbonyl (C=O) groups excluding carboxylic acids is 2. The summed E-state index contributed by atoms with van der Waals surface area (Å²) in [6.45, 7) is 8.59. The number of aromatic nitrogens is 2. The molecule has 2 aliphatic rings. The number of benzene rings is 1. The van der Waals surface area contributed by atoms with Crippen LogP contribution in [-0.4, -0.2) is 59.0 Å². The predicted octanol–water partition coefficient (Wildman–Crippen LogP) is 3.42. The van der Waals surface area contributed by atoms with Crippen LogP contribution in [0.2, 0.25) is 0 Å². The molecular weight excluding hydrogens is 375 g/mol. The monoisotopic (exact) mass is 400 g/mol. The maximum atomic E-state index is 13.9. The molecule has 0 bridgehead atoms. The van der Waals surface area contributed by atoms with Crippen molar-refractivity contribution in [1.82, 2.24) is 14.9 Å². The van der Waals surface area contributed by atoms with Crippen molar-refractivity contribution in [2.24, 2.45) is 5.41 Å².